The lowest BCUT2D eigenvalue weighted by atomic mass is 10.2. The van der Waals surface area contributed by atoms with Crippen LogP contribution in [0.1, 0.15) is 11.9 Å². The zero-order valence-corrected chi connectivity index (χ0v) is 7.93. The van der Waals surface area contributed by atoms with E-state index in [2.05, 4.69) is 4.74 Å². The van der Waals surface area contributed by atoms with Gasteiger partial charge in [-0.3, -0.25) is 0 Å². The molecule has 0 radical (unpaired) electrons. The van der Waals surface area contributed by atoms with E-state index >= 15 is 0 Å². The van der Waals surface area contributed by atoms with Gasteiger partial charge in [0.1, 0.15) is 0 Å². The minimum Gasteiger partial charge on any atom is -0.364 e. The van der Waals surface area contributed by atoms with Gasteiger partial charge in [-0.15, -0.1) is 0 Å². The largest absolute Gasteiger partial charge is 0.364 e. The molecule has 0 spiro atoms. The molecule has 0 aromatic heterocycles. The predicted molar refractivity (Wildman–Crippen MR) is 48.4 cm³/mol. The summed E-state index contributed by atoms with van der Waals surface area (Å²) in [4.78, 5) is 0. The average molecular weight is 207 g/mol. The predicted octanol–water partition coefficient (Wildman–Crippen LogP) is 2.63. The molecular formula is C8H8Cl2O2. The molecule has 1 N–H and O–H groups in total. The maximum atomic E-state index is 9.25. The quantitative estimate of drug-likeness (QED) is 0.755. The molecule has 66 valence electrons. The highest BCUT2D eigenvalue weighted by Gasteiger charge is 2.09. The summed E-state index contributed by atoms with van der Waals surface area (Å²) in [5, 5.41) is 10.2. The van der Waals surface area contributed by atoms with Crippen LogP contribution in [-0.2, 0) is 4.74 Å². The number of aliphatic hydroxyl groups excluding tert-OH is 1. The first-order valence-electron chi connectivity index (χ1n) is 3.31. The minimum absolute atomic E-state index is 0.400. The molecule has 0 fully saturated rings. The van der Waals surface area contributed by atoms with Gasteiger partial charge in [-0.2, -0.15) is 0 Å². The molecule has 0 bridgehead atoms. The third-order valence-corrected chi connectivity index (χ3v) is 2.01. The Labute approximate surface area is 80.7 Å². The molecule has 4 heteroatoms. The van der Waals surface area contributed by atoms with E-state index in [0.29, 0.717) is 15.6 Å². The Hall–Kier alpha value is -0.280. The number of rotatable bonds is 2. The number of hydrogen-bond donors (Lipinski definition) is 1. The summed E-state index contributed by atoms with van der Waals surface area (Å²) < 4.78 is 4.68. The lowest BCUT2D eigenvalue weighted by molar-refractivity contribution is -0.0768. The molecule has 0 aliphatic carbocycles. The van der Waals surface area contributed by atoms with E-state index in [-0.39, 0.29) is 0 Å². The lowest BCUT2D eigenvalue weighted by Gasteiger charge is -2.10. The van der Waals surface area contributed by atoms with Crippen LogP contribution < -0.4 is 0 Å². The van der Waals surface area contributed by atoms with Crippen molar-refractivity contribution in [2.24, 2.45) is 0 Å². The normalized spacial score (nSPS) is 13.0. The Balaban J connectivity index is 3.01. The monoisotopic (exact) mass is 206 g/mol. The molecule has 12 heavy (non-hydrogen) atoms. The van der Waals surface area contributed by atoms with Gasteiger partial charge in [0.15, 0.2) is 6.29 Å². The van der Waals surface area contributed by atoms with Crippen LogP contribution in [0.5, 0.6) is 0 Å². The van der Waals surface area contributed by atoms with Gasteiger partial charge in [0.05, 0.1) is 5.02 Å². The molecule has 0 amide bonds. The van der Waals surface area contributed by atoms with Crippen molar-refractivity contribution in [1.82, 2.24) is 0 Å². The van der Waals surface area contributed by atoms with Crippen LogP contribution in [0, 0.1) is 0 Å². The highest BCUT2D eigenvalue weighted by molar-refractivity contribution is 6.35. The minimum atomic E-state index is -0.991. The van der Waals surface area contributed by atoms with Crippen molar-refractivity contribution in [2.45, 2.75) is 6.29 Å². The molecule has 0 saturated heterocycles. The van der Waals surface area contributed by atoms with Crippen LogP contribution in [0.3, 0.4) is 0 Å². The lowest BCUT2D eigenvalue weighted by Crippen LogP contribution is -1.99. The van der Waals surface area contributed by atoms with Crippen LogP contribution in [0.2, 0.25) is 10.0 Å². The first kappa shape index (κ1) is 9.81. The van der Waals surface area contributed by atoms with E-state index in [1.165, 1.54) is 7.11 Å². The van der Waals surface area contributed by atoms with Crippen molar-refractivity contribution in [1.29, 1.82) is 0 Å². The van der Waals surface area contributed by atoms with E-state index in [1.807, 2.05) is 0 Å². The zero-order chi connectivity index (χ0) is 9.14. The average Bonchev–Trinajstić information content (AvgIpc) is 2.03. The Morgan fingerprint density at radius 1 is 1.42 bits per heavy atom. The van der Waals surface area contributed by atoms with Crippen LogP contribution in [0.4, 0.5) is 0 Å². The third kappa shape index (κ3) is 2.11. The highest BCUT2D eigenvalue weighted by Crippen LogP contribution is 2.26. The molecule has 0 aliphatic rings. The molecule has 0 heterocycles. The van der Waals surface area contributed by atoms with Gasteiger partial charge in [0.2, 0.25) is 0 Å². The maximum absolute atomic E-state index is 9.25. The summed E-state index contributed by atoms with van der Waals surface area (Å²) in [5.41, 5.74) is 0.517. The number of halogens is 2. The highest BCUT2D eigenvalue weighted by atomic mass is 35.5. The molecule has 1 aromatic rings. The number of ether oxygens (including phenoxy) is 1. The summed E-state index contributed by atoms with van der Waals surface area (Å²) in [6, 6.07) is 4.82. The Bertz CT molecular complexity index is 276. The van der Waals surface area contributed by atoms with Gasteiger partial charge < -0.3 is 9.84 Å². The topological polar surface area (TPSA) is 29.5 Å². The molecule has 1 rings (SSSR count). The number of methoxy groups -OCH3 is 1. The van der Waals surface area contributed by atoms with Crippen molar-refractivity contribution in [3.63, 3.8) is 0 Å². The third-order valence-electron chi connectivity index (χ3n) is 1.45. The second kappa shape index (κ2) is 4.10. The smallest absolute Gasteiger partial charge is 0.182 e. The van der Waals surface area contributed by atoms with Gasteiger partial charge in [-0.05, 0) is 12.1 Å². The first-order valence-corrected chi connectivity index (χ1v) is 4.06. The summed E-state index contributed by atoms with van der Waals surface area (Å²) in [5.74, 6) is 0. The van der Waals surface area contributed by atoms with Crippen molar-refractivity contribution in [2.75, 3.05) is 7.11 Å². The summed E-state index contributed by atoms with van der Waals surface area (Å²) in [7, 11) is 1.40. The van der Waals surface area contributed by atoms with Crippen molar-refractivity contribution in [3.05, 3.63) is 33.8 Å². The standard InChI is InChI=1S/C8H8Cl2O2/c1-12-8(11)6-3-2-5(9)4-7(6)10/h2-4,8,11H,1H3. The fourth-order valence-electron chi connectivity index (χ4n) is 0.829. The Morgan fingerprint density at radius 2 is 2.08 bits per heavy atom. The number of benzene rings is 1. The van der Waals surface area contributed by atoms with Gasteiger partial charge in [0, 0.05) is 17.7 Å². The maximum Gasteiger partial charge on any atom is 0.182 e. The van der Waals surface area contributed by atoms with Crippen molar-refractivity contribution >= 4 is 23.2 Å². The molecule has 0 aliphatic heterocycles. The van der Waals surface area contributed by atoms with Gasteiger partial charge in [-0.25, -0.2) is 0 Å². The van der Waals surface area contributed by atoms with E-state index in [4.69, 9.17) is 23.2 Å². The molecule has 1 aromatic carbocycles. The van der Waals surface area contributed by atoms with Gasteiger partial charge in [-0.1, -0.05) is 29.3 Å². The first-order chi connectivity index (χ1) is 5.65. The molecular weight excluding hydrogens is 199 g/mol. The van der Waals surface area contributed by atoms with Crippen molar-refractivity contribution < 1.29 is 9.84 Å². The van der Waals surface area contributed by atoms with E-state index in [9.17, 15) is 5.11 Å². The second-order valence-corrected chi connectivity index (χ2v) is 3.10. The molecule has 0 saturated carbocycles. The fraction of sp³-hybridized carbons (Fsp3) is 0.250. The molecule has 1 atom stereocenters. The van der Waals surface area contributed by atoms with E-state index in [1.54, 1.807) is 18.2 Å². The zero-order valence-electron chi connectivity index (χ0n) is 6.42. The molecule has 1 unspecified atom stereocenters. The number of aliphatic hydroxyl groups is 1. The summed E-state index contributed by atoms with van der Waals surface area (Å²) in [6.07, 6.45) is -0.991. The fourth-order valence-corrected chi connectivity index (χ4v) is 1.33. The summed E-state index contributed by atoms with van der Waals surface area (Å²) in [6.45, 7) is 0. The van der Waals surface area contributed by atoms with Crippen molar-refractivity contribution in [3.8, 4) is 0 Å². The second-order valence-electron chi connectivity index (χ2n) is 2.25. The Kier molecular flexibility index (Phi) is 3.35. The van der Waals surface area contributed by atoms with Crippen LogP contribution in [0.15, 0.2) is 18.2 Å². The van der Waals surface area contributed by atoms with Crippen LogP contribution in [0.25, 0.3) is 0 Å². The van der Waals surface area contributed by atoms with E-state index in [0.717, 1.165) is 0 Å². The van der Waals surface area contributed by atoms with E-state index < -0.39 is 6.29 Å². The van der Waals surface area contributed by atoms with Gasteiger partial charge in [0.25, 0.3) is 0 Å². The van der Waals surface area contributed by atoms with Crippen LogP contribution in [-0.4, -0.2) is 12.2 Å². The number of hydrogen-bond acceptors (Lipinski definition) is 2. The Morgan fingerprint density at radius 3 is 2.58 bits per heavy atom. The van der Waals surface area contributed by atoms with Gasteiger partial charge >= 0.3 is 0 Å². The summed E-state index contributed by atoms with van der Waals surface area (Å²) >= 11 is 11.4. The molecule has 2 nitrogen and oxygen atoms in total. The SMILES string of the molecule is COC(O)c1ccc(Cl)cc1Cl. The van der Waals surface area contributed by atoms with Crippen LogP contribution >= 0.6 is 23.2 Å².